The predicted molar refractivity (Wildman–Crippen MR) is 66.9 cm³/mol. The van der Waals surface area contributed by atoms with E-state index in [9.17, 15) is 9.90 Å². The van der Waals surface area contributed by atoms with Gasteiger partial charge in [0.15, 0.2) is 0 Å². The van der Waals surface area contributed by atoms with Gasteiger partial charge in [-0.05, 0) is 55.8 Å². The third-order valence-corrected chi connectivity index (χ3v) is 5.47. The van der Waals surface area contributed by atoms with Gasteiger partial charge in [-0.1, -0.05) is 0 Å². The first-order chi connectivity index (χ1) is 9.13. The molecule has 0 amide bonds. The van der Waals surface area contributed by atoms with Gasteiger partial charge in [0, 0.05) is 6.04 Å². The zero-order valence-corrected chi connectivity index (χ0v) is 10.7. The van der Waals surface area contributed by atoms with Crippen molar-refractivity contribution >= 4 is 5.97 Å². The third-order valence-electron chi connectivity index (χ3n) is 5.47. The monoisotopic (exact) mass is 262 g/mol. The lowest BCUT2D eigenvalue weighted by Crippen LogP contribution is -2.45. The van der Waals surface area contributed by atoms with Gasteiger partial charge in [-0.3, -0.25) is 4.57 Å². The summed E-state index contributed by atoms with van der Waals surface area (Å²) in [6.07, 6.45) is 7.84. The van der Waals surface area contributed by atoms with E-state index in [1.54, 1.807) is 4.57 Å². The summed E-state index contributed by atoms with van der Waals surface area (Å²) in [5.41, 5.74) is -0.214. The number of imidazole rings is 1. The normalized spacial score (nSPS) is 39.7. The molecule has 19 heavy (non-hydrogen) atoms. The molecule has 5 rings (SSSR count). The maximum atomic E-state index is 11.0. The molecule has 4 saturated carbocycles. The topological polar surface area (TPSA) is 75.3 Å². The first-order valence-corrected chi connectivity index (χ1v) is 7.12. The van der Waals surface area contributed by atoms with Crippen molar-refractivity contribution in [3.63, 3.8) is 0 Å². The fourth-order valence-electron chi connectivity index (χ4n) is 5.07. The number of rotatable bonds is 2. The molecule has 4 bridgehead atoms. The molecule has 0 atom stereocenters. The van der Waals surface area contributed by atoms with Crippen molar-refractivity contribution < 1.29 is 15.0 Å². The van der Waals surface area contributed by atoms with Crippen LogP contribution in [0.4, 0.5) is 0 Å². The van der Waals surface area contributed by atoms with Crippen molar-refractivity contribution in [2.24, 2.45) is 23.7 Å². The average molecular weight is 262 g/mol. The van der Waals surface area contributed by atoms with Gasteiger partial charge in [0.2, 0.25) is 11.6 Å². The van der Waals surface area contributed by atoms with E-state index in [2.05, 4.69) is 4.98 Å². The van der Waals surface area contributed by atoms with E-state index in [1.807, 2.05) is 0 Å². The molecule has 102 valence electrons. The van der Waals surface area contributed by atoms with Crippen LogP contribution in [0.5, 0.6) is 5.88 Å². The first-order valence-electron chi connectivity index (χ1n) is 7.12. The van der Waals surface area contributed by atoms with Gasteiger partial charge >= 0.3 is 5.97 Å². The molecule has 0 saturated heterocycles. The molecular weight excluding hydrogens is 244 g/mol. The number of hydrogen-bond donors (Lipinski definition) is 2. The smallest absolute Gasteiger partial charge is 0.360 e. The highest BCUT2D eigenvalue weighted by atomic mass is 16.4. The summed E-state index contributed by atoms with van der Waals surface area (Å²) in [7, 11) is 0. The maximum absolute atomic E-state index is 11.0. The van der Waals surface area contributed by atoms with Crippen LogP contribution in [0.15, 0.2) is 6.33 Å². The van der Waals surface area contributed by atoms with Crippen molar-refractivity contribution in [3.8, 4) is 5.88 Å². The van der Waals surface area contributed by atoms with Crippen molar-refractivity contribution in [1.82, 2.24) is 9.55 Å². The first kappa shape index (κ1) is 11.3. The Morgan fingerprint density at radius 1 is 1.16 bits per heavy atom. The Bertz CT molecular complexity index is 509. The van der Waals surface area contributed by atoms with Gasteiger partial charge < -0.3 is 10.2 Å². The highest BCUT2D eigenvalue weighted by Crippen LogP contribution is 2.58. The fraction of sp³-hybridized carbons (Fsp3) is 0.714. The molecule has 1 heterocycles. The molecule has 5 heteroatoms. The summed E-state index contributed by atoms with van der Waals surface area (Å²) in [6.45, 7) is 0. The molecule has 1 aromatic heterocycles. The minimum Gasteiger partial charge on any atom is -0.493 e. The van der Waals surface area contributed by atoms with Crippen LogP contribution < -0.4 is 0 Å². The third kappa shape index (κ3) is 1.53. The highest BCUT2D eigenvalue weighted by Gasteiger charge is 2.49. The lowest BCUT2D eigenvalue weighted by Gasteiger charge is -2.54. The molecule has 4 aliphatic carbocycles. The molecule has 4 aliphatic rings. The van der Waals surface area contributed by atoms with Crippen LogP contribution in [-0.2, 0) is 0 Å². The number of aromatic nitrogens is 2. The molecule has 5 nitrogen and oxygen atoms in total. The fourth-order valence-corrected chi connectivity index (χ4v) is 5.07. The minimum atomic E-state index is -1.15. The number of carbonyl (C=O) groups is 1. The van der Waals surface area contributed by atoms with Crippen LogP contribution in [0, 0.1) is 23.7 Å². The standard InChI is InChI=1S/C14H18N2O3/c17-13-11(14(18)19)15-6-16(13)12-9-2-7-1-8(4-9)5-10(12)3-7/h6-10,12,17H,1-5H2,(H,18,19). The van der Waals surface area contributed by atoms with E-state index in [-0.39, 0.29) is 17.6 Å². The number of hydrogen-bond acceptors (Lipinski definition) is 3. The van der Waals surface area contributed by atoms with Crippen LogP contribution in [0.3, 0.4) is 0 Å². The Balaban J connectivity index is 1.71. The van der Waals surface area contributed by atoms with Crippen molar-refractivity contribution in [2.45, 2.75) is 38.1 Å². The molecule has 0 unspecified atom stereocenters. The van der Waals surface area contributed by atoms with Gasteiger partial charge in [0.25, 0.3) is 0 Å². The Hall–Kier alpha value is -1.52. The Morgan fingerprint density at radius 2 is 1.74 bits per heavy atom. The van der Waals surface area contributed by atoms with Gasteiger partial charge in [0.1, 0.15) is 0 Å². The van der Waals surface area contributed by atoms with Crippen molar-refractivity contribution in [3.05, 3.63) is 12.0 Å². The highest BCUT2D eigenvalue weighted by molar-refractivity contribution is 5.87. The quantitative estimate of drug-likeness (QED) is 0.857. The number of carboxylic acids is 1. The van der Waals surface area contributed by atoms with Crippen LogP contribution in [-0.4, -0.2) is 25.7 Å². The average Bonchev–Trinajstić information content (AvgIpc) is 2.70. The Labute approximate surface area is 111 Å². The van der Waals surface area contributed by atoms with E-state index >= 15 is 0 Å². The molecule has 0 radical (unpaired) electrons. The second kappa shape index (κ2) is 3.74. The van der Waals surface area contributed by atoms with E-state index in [0.29, 0.717) is 11.8 Å². The van der Waals surface area contributed by atoms with E-state index in [1.165, 1.54) is 38.4 Å². The van der Waals surface area contributed by atoms with E-state index < -0.39 is 5.97 Å². The molecule has 1 aromatic rings. The molecule has 4 fully saturated rings. The zero-order chi connectivity index (χ0) is 13.1. The summed E-state index contributed by atoms with van der Waals surface area (Å²) in [4.78, 5) is 14.8. The Morgan fingerprint density at radius 3 is 2.21 bits per heavy atom. The minimum absolute atomic E-state index is 0.162. The number of aromatic carboxylic acids is 1. The summed E-state index contributed by atoms with van der Waals surface area (Å²) in [5, 5.41) is 19.1. The van der Waals surface area contributed by atoms with Crippen molar-refractivity contribution in [1.29, 1.82) is 0 Å². The summed E-state index contributed by atoms with van der Waals surface area (Å²) >= 11 is 0. The van der Waals surface area contributed by atoms with E-state index in [0.717, 1.165) is 11.8 Å². The molecule has 0 aromatic carbocycles. The number of nitrogens with zero attached hydrogens (tertiary/aromatic N) is 2. The summed E-state index contributed by atoms with van der Waals surface area (Å²) in [5.74, 6) is 1.60. The van der Waals surface area contributed by atoms with E-state index in [4.69, 9.17) is 5.11 Å². The number of aromatic hydroxyl groups is 1. The van der Waals surface area contributed by atoms with Gasteiger partial charge in [-0.2, -0.15) is 0 Å². The molecule has 2 N–H and O–H groups in total. The summed E-state index contributed by atoms with van der Waals surface area (Å²) in [6, 6.07) is 0.258. The van der Waals surface area contributed by atoms with Gasteiger partial charge in [-0.15, -0.1) is 0 Å². The maximum Gasteiger partial charge on any atom is 0.360 e. The lowest BCUT2D eigenvalue weighted by atomic mass is 9.54. The van der Waals surface area contributed by atoms with Gasteiger partial charge in [-0.25, -0.2) is 9.78 Å². The van der Waals surface area contributed by atoms with Gasteiger partial charge in [0.05, 0.1) is 6.33 Å². The zero-order valence-electron chi connectivity index (χ0n) is 10.7. The van der Waals surface area contributed by atoms with Crippen molar-refractivity contribution in [2.75, 3.05) is 0 Å². The molecule has 0 spiro atoms. The largest absolute Gasteiger partial charge is 0.493 e. The Kier molecular flexibility index (Phi) is 2.23. The van der Waals surface area contributed by atoms with Crippen LogP contribution in [0.2, 0.25) is 0 Å². The number of carboxylic acid groups (broad SMARTS) is 1. The lowest BCUT2D eigenvalue weighted by molar-refractivity contribution is -0.0313. The predicted octanol–water partition coefficient (Wildman–Crippen LogP) is 2.28. The summed E-state index contributed by atoms with van der Waals surface area (Å²) < 4.78 is 1.73. The molecule has 0 aliphatic heterocycles. The second-order valence-corrected chi connectivity index (χ2v) is 6.55. The van der Waals surface area contributed by atoms with Crippen LogP contribution in [0.1, 0.15) is 48.6 Å². The second-order valence-electron chi connectivity index (χ2n) is 6.55. The SMILES string of the molecule is O=C(O)c1ncn(C2C3CC4CC(C3)CC2C4)c1O. The van der Waals surface area contributed by atoms with Crippen LogP contribution >= 0.6 is 0 Å². The molecular formula is C14H18N2O3. The van der Waals surface area contributed by atoms with Crippen LogP contribution in [0.25, 0.3) is 0 Å².